The van der Waals surface area contributed by atoms with E-state index in [1.165, 1.54) is 11.3 Å². The van der Waals surface area contributed by atoms with E-state index in [2.05, 4.69) is 6.58 Å². The van der Waals surface area contributed by atoms with E-state index in [-0.39, 0.29) is 17.9 Å². The van der Waals surface area contributed by atoms with E-state index in [0.29, 0.717) is 39.0 Å². The first-order chi connectivity index (χ1) is 12.2. The van der Waals surface area contributed by atoms with Crippen LogP contribution in [0, 0.1) is 5.92 Å². The van der Waals surface area contributed by atoms with Crippen molar-refractivity contribution in [1.82, 2.24) is 9.80 Å². The van der Waals surface area contributed by atoms with Crippen molar-refractivity contribution < 1.29 is 14.3 Å². The summed E-state index contributed by atoms with van der Waals surface area (Å²) >= 11 is 7.47. The molecule has 1 fully saturated rings. The molecule has 1 aromatic rings. The van der Waals surface area contributed by atoms with Crippen LogP contribution in [0.15, 0.2) is 24.8 Å². The van der Waals surface area contributed by atoms with Gasteiger partial charge < -0.3 is 14.5 Å². The van der Waals surface area contributed by atoms with Gasteiger partial charge in [0, 0.05) is 30.4 Å². The molecule has 1 aromatic heterocycles. The Morgan fingerprint density at radius 1 is 1.38 bits per heavy atom. The molecule has 144 valence electrons. The molecule has 0 spiro atoms. The Bertz CT molecular complexity index is 645. The molecule has 5 nitrogen and oxygen atoms in total. The second-order valence-corrected chi connectivity index (χ2v) is 9.25. The van der Waals surface area contributed by atoms with E-state index >= 15 is 0 Å². The fourth-order valence-electron chi connectivity index (χ4n) is 2.91. The zero-order valence-electron chi connectivity index (χ0n) is 15.7. The molecule has 2 amide bonds. The molecule has 0 N–H and O–H groups in total. The third-order valence-corrected chi connectivity index (χ3v) is 5.35. The Balaban J connectivity index is 1.92. The Morgan fingerprint density at radius 3 is 2.54 bits per heavy atom. The van der Waals surface area contributed by atoms with Gasteiger partial charge in [-0.2, -0.15) is 0 Å². The van der Waals surface area contributed by atoms with Crippen LogP contribution in [-0.4, -0.2) is 47.0 Å². The monoisotopic (exact) mass is 398 g/mol. The number of likely N-dealkylation sites (tertiary alicyclic amines) is 1. The van der Waals surface area contributed by atoms with Crippen molar-refractivity contribution in [3.8, 4) is 0 Å². The zero-order valence-corrected chi connectivity index (χ0v) is 17.2. The fourth-order valence-corrected chi connectivity index (χ4v) is 4.01. The van der Waals surface area contributed by atoms with Crippen LogP contribution in [-0.2, 0) is 16.1 Å². The van der Waals surface area contributed by atoms with Crippen LogP contribution in [0.5, 0.6) is 0 Å². The van der Waals surface area contributed by atoms with Gasteiger partial charge in [-0.15, -0.1) is 17.9 Å². The number of ether oxygens (including phenoxy) is 1. The maximum Gasteiger partial charge on any atom is 0.410 e. The van der Waals surface area contributed by atoms with Crippen LogP contribution < -0.4 is 0 Å². The molecule has 1 saturated heterocycles. The molecule has 2 heterocycles. The van der Waals surface area contributed by atoms with Crippen LogP contribution >= 0.6 is 22.9 Å². The molecule has 0 atom stereocenters. The predicted octanol–water partition coefficient (Wildman–Crippen LogP) is 4.56. The molecule has 0 saturated carbocycles. The summed E-state index contributed by atoms with van der Waals surface area (Å²) < 4.78 is 6.13. The first-order valence-corrected chi connectivity index (χ1v) is 10.0. The lowest BCUT2D eigenvalue weighted by atomic mass is 9.95. The smallest absolute Gasteiger partial charge is 0.410 e. The molecule has 1 aliphatic rings. The lowest BCUT2D eigenvalue weighted by Crippen LogP contribution is -2.45. The fraction of sp³-hybridized carbons (Fsp3) is 0.579. The van der Waals surface area contributed by atoms with Crippen LogP contribution in [0.3, 0.4) is 0 Å². The van der Waals surface area contributed by atoms with Gasteiger partial charge in [0.05, 0.1) is 10.9 Å². The average Bonchev–Trinajstić information content (AvgIpc) is 2.97. The molecule has 0 unspecified atom stereocenters. The van der Waals surface area contributed by atoms with E-state index in [1.807, 2.05) is 37.8 Å². The van der Waals surface area contributed by atoms with Gasteiger partial charge in [0.1, 0.15) is 5.60 Å². The minimum atomic E-state index is -0.507. The van der Waals surface area contributed by atoms with E-state index in [4.69, 9.17) is 16.3 Å². The average molecular weight is 399 g/mol. The number of carbonyl (C=O) groups is 2. The number of thiophene rings is 1. The number of halogens is 1. The Hall–Kier alpha value is -1.53. The molecule has 0 bridgehead atoms. The number of piperidine rings is 1. The zero-order chi connectivity index (χ0) is 19.3. The van der Waals surface area contributed by atoms with Crippen LogP contribution in [0.25, 0.3) is 0 Å². The Labute approximate surface area is 164 Å². The maximum atomic E-state index is 12.9. The third kappa shape index (κ3) is 6.02. The van der Waals surface area contributed by atoms with E-state index in [1.54, 1.807) is 11.0 Å². The number of carbonyl (C=O) groups excluding carboxylic acids is 2. The van der Waals surface area contributed by atoms with Gasteiger partial charge in [0.2, 0.25) is 5.91 Å². The van der Waals surface area contributed by atoms with Gasteiger partial charge in [-0.25, -0.2) is 4.79 Å². The SMILES string of the molecule is C=CCN(Cc1ccc(Cl)s1)C(=O)C1CCN(C(=O)OC(C)(C)C)CC1. The largest absolute Gasteiger partial charge is 0.444 e. The number of nitrogens with zero attached hydrogens (tertiary/aromatic N) is 2. The van der Waals surface area contributed by atoms with Crippen molar-refractivity contribution in [2.24, 2.45) is 5.92 Å². The van der Waals surface area contributed by atoms with E-state index in [9.17, 15) is 9.59 Å². The van der Waals surface area contributed by atoms with Gasteiger partial charge in [-0.1, -0.05) is 17.7 Å². The lowest BCUT2D eigenvalue weighted by molar-refractivity contribution is -0.137. The molecule has 0 aliphatic carbocycles. The topological polar surface area (TPSA) is 49.9 Å². The molecule has 26 heavy (non-hydrogen) atoms. The van der Waals surface area contributed by atoms with Crippen LogP contribution in [0.4, 0.5) is 4.79 Å². The van der Waals surface area contributed by atoms with Crippen molar-refractivity contribution >= 4 is 34.9 Å². The summed E-state index contributed by atoms with van der Waals surface area (Å²) in [6.45, 7) is 11.4. The quantitative estimate of drug-likeness (QED) is 0.683. The standard InChI is InChI=1S/C19H27ClN2O3S/c1-5-10-22(13-15-6-7-16(20)26-15)17(23)14-8-11-21(12-9-14)18(24)25-19(2,3)4/h5-7,14H,1,8-13H2,2-4H3. The number of hydrogen-bond acceptors (Lipinski definition) is 4. The second kappa shape index (κ2) is 8.91. The highest BCUT2D eigenvalue weighted by molar-refractivity contribution is 7.16. The molecular weight excluding hydrogens is 372 g/mol. The van der Waals surface area contributed by atoms with Crippen molar-refractivity contribution in [2.75, 3.05) is 19.6 Å². The Morgan fingerprint density at radius 2 is 2.04 bits per heavy atom. The normalized spacial score (nSPS) is 15.6. The first kappa shape index (κ1) is 20.8. The summed E-state index contributed by atoms with van der Waals surface area (Å²) in [5.74, 6) is 0.0299. The molecule has 7 heteroatoms. The highest BCUT2D eigenvalue weighted by atomic mass is 35.5. The van der Waals surface area contributed by atoms with Gasteiger partial charge in [0.25, 0.3) is 0 Å². The maximum absolute atomic E-state index is 12.9. The summed E-state index contributed by atoms with van der Waals surface area (Å²) in [7, 11) is 0. The first-order valence-electron chi connectivity index (χ1n) is 8.81. The van der Waals surface area contributed by atoms with Gasteiger partial charge in [0.15, 0.2) is 0 Å². The van der Waals surface area contributed by atoms with Crippen molar-refractivity contribution in [3.05, 3.63) is 34.0 Å². The summed E-state index contributed by atoms with van der Waals surface area (Å²) in [5, 5.41) is 0. The minimum Gasteiger partial charge on any atom is -0.444 e. The predicted molar refractivity (Wildman–Crippen MR) is 105 cm³/mol. The number of rotatable bonds is 5. The molecule has 0 aromatic carbocycles. The highest BCUT2D eigenvalue weighted by Crippen LogP contribution is 2.26. The second-order valence-electron chi connectivity index (χ2n) is 7.45. The molecule has 0 radical (unpaired) electrons. The third-order valence-electron chi connectivity index (χ3n) is 4.13. The van der Waals surface area contributed by atoms with Gasteiger partial charge in [-0.3, -0.25) is 4.79 Å². The van der Waals surface area contributed by atoms with Crippen LogP contribution in [0.2, 0.25) is 4.34 Å². The summed E-state index contributed by atoms with van der Waals surface area (Å²) in [6.07, 6.45) is 2.73. The number of amides is 2. The summed E-state index contributed by atoms with van der Waals surface area (Å²) in [6, 6.07) is 3.79. The molecule has 1 aliphatic heterocycles. The summed E-state index contributed by atoms with van der Waals surface area (Å²) in [4.78, 5) is 29.6. The van der Waals surface area contributed by atoms with Crippen LogP contribution in [0.1, 0.15) is 38.5 Å². The Kier molecular flexibility index (Phi) is 7.12. The highest BCUT2D eigenvalue weighted by Gasteiger charge is 2.31. The minimum absolute atomic E-state index is 0.0796. The van der Waals surface area contributed by atoms with Crippen molar-refractivity contribution in [1.29, 1.82) is 0 Å². The number of hydrogen-bond donors (Lipinski definition) is 0. The summed E-state index contributed by atoms with van der Waals surface area (Å²) in [5.41, 5.74) is -0.507. The molecular formula is C19H27ClN2O3S. The van der Waals surface area contributed by atoms with Crippen molar-refractivity contribution in [3.63, 3.8) is 0 Å². The van der Waals surface area contributed by atoms with Gasteiger partial charge in [-0.05, 0) is 45.7 Å². The van der Waals surface area contributed by atoms with Gasteiger partial charge >= 0.3 is 6.09 Å². The van der Waals surface area contributed by atoms with E-state index < -0.39 is 5.60 Å². The van der Waals surface area contributed by atoms with E-state index in [0.717, 1.165) is 9.21 Å². The van der Waals surface area contributed by atoms with Crippen molar-refractivity contribution in [2.45, 2.75) is 45.8 Å². The lowest BCUT2D eigenvalue weighted by Gasteiger charge is -2.34. The molecule has 2 rings (SSSR count).